The molecule has 3 rings (SSSR count). The SMILES string of the molecule is Cc1ccnc2c1nc(CCl)n2CC1CN(C)CCO1. The van der Waals surface area contributed by atoms with Gasteiger partial charge in [-0.2, -0.15) is 0 Å². The number of rotatable bonds is 3. The zero-order chi connectivity index (χ0) is 14.1. The number of halogens is 1. The van der Waals surface area contributed by atoms with Crippen molar-refractivity contribution in [3.63, 3.8) is 0 Å². The summed E-state index contributed by atoms with van der Waals surface area (Å²) in [4.78, 5) is 11.4. The Morgan fingerprint density at radius 1 is 1.50 bits per heavy atom. The Bertz CT molecular complexity index is 612. The average molecular weight is 295 g/mol. The van der Waals surface area contributed by atoms with Crippen LogP contribution in [0, 0.1) is 6.92 Å². The molecule has 1 aliphatic heterocycles. The Balaban J connectivity index is 1.95. The lowest BCUT2D eigenvalue weighted by Gasteiger charge is -2.30. The van der Waals surface area contributed by atoms with E-state index in [1.54, 1.807) is 0 Å². The number of hydrogen-bond donors (Lipinski definition) is 0. The molecule has 0 bridgehead atoms. The topological polar surface area (TPSA) is 43.2 Å². The van der Waals surface area contributed by atoms with Crippen molar-refractivity contribution in [1.82, 2.24) is 19.4 Å². The molecule has 0 N–H and O–H groups in total. The predicted molar refractivity (Wildman–Crippen MR) is 79.1 cm³/mol. The quantitative estimate of drug-likeness (QED) is 0.810. The van der Waals surface area contributed by atoms with Crippen molar-refractivity contribution >= 4 is 22.8 Å². The Labute approximate surface area is 123 Å². The number of aromatic nitrogens is 3. The molecule has 1 unspecified atom stereocenters. The Morgan fingerprint density at radius 3 is 3.10 bits per heavy atom. The van der Waals surface area contributed by atoms with Gasteiger partial charge in [0, 0.05) is 19.3 Å². The van der Waals surface area contributed by atoms with E-state index in [9.17, 15) is 0 Å². The summed E-state index contributed by atoms with van der Waals surface area (Å²) < 4.78 is 7.94. The van der Waals surface area contributed by atoms with Crippen LogP contribution in [0.3, 0.4) is 0 Å². The lowest BCUT2D eigenvalue weighted by atomic mass is 10.2. The van der Waals surface area contributed by atoms with Gasteiger partial charge >= 0.3 is 0 Å². The van der Waals surface area contributed by atoms with Crippen LogP contribution in [0.15, 0.2) is 12.3 Å². The number of imidazole rings is 1. The van der Waals surface area contributed by atoms with Gasteiger partial charge in [-0.05, 0) is 25.6 Å². The summed E-state index contributed by atoms with van der Waals surface area (Å²) in [5.74, 6) is 1.25. The van der Waals surface area contributed by atoms with Crippen LogP contribution in [-0.4, -0.2) is 52.3 Å². The highest BCUT2D eigenvalue weighted by Crippen LogP contribution is 2.20. The number of ether oxygens (including phenoxy) is 1. The van der Waals surface area contributed by atoms with Crippen LogP contribution in [0.5, 0.6) is 0 Å². The molecule has 1 atom stereocenters. The molecule has 2 aromatic heterocycles. The van der Waals surface area contributed by atoms with Crippen molar-refractivity contribution in [2.45, 2.75) is 25.5 Å². The Morgan fingerprint density at radius 2 is 2.35 bits per heavy atom. The standard InChI is InChI=1S/C14H19ClN4O/c1-10-3-4-16-14-13(10)17-12(7-15)19(14)9-11-8-18(2)5-6-20-11/h3-4,11H,5-9H2,1-2H3. The molecule has 0 aromatic carbocycles. The Hall–Kier alpha value is -1.17. The summed E-state index contributed by atoms with van der Waals surface area (Å²) in [7, 11) is 2.12. The minimum atomic E-state index is 0.162. The predicted octanol–water partition coefficient (Wildman–Crippen LogP) is 1.81. The molecule has 1 saturated heterocycles. The summed E-state index contributed by atoms with van der Waals surface area (Å²) >= 11 is 6.04. The number of fused-ring (bicyclic) bond motifs is 1. The first kappa shape index (κ1) is 13.8. The average Bonchev–Trinajstić information content (AvgIpc) is 2.79. The summed E-state index contributed by atoms with van der Waals surface area (Å²) in [6.45, 7) is 5.48. The van der Waals surface area contributed by atoms with E-state index >= 15 is 0 Å². The van der Waals surface area contributed by atoms with Gasteiger partial charge in [-0.15, -0.1) is 11.6 Å². The molecule has 20 heavy (non-hydrogen) atoms. The fourth-order valence-corrected chi connectivity index (χ4v) is 2.86. The fourth-order valence-electron chi connectivity index (χ4n) is 2.66. The number of morpholine rings is 1. The van der Waals surface area contributed by atoms with Crippen LogP contribution >= 0.6 is 11.6 Å². The second-order valence-electron chi connectivity index (χ2n) is 5.33. The van der Waals surface area contributed by atoms with Gasteiger partial charge in [0.1, 0.15) is 11.3 Å². The smallest absolute Gasteiger partial charge is 0.160 e. The van der Waals surface area contributed by atoms with Gasteiger partial charge in [-0.3, -0.25) is 0 Å². The summed E-state index contributed by atoms with van der Waals surface area (Å²) in [6.07, 6.45) is 1.98. The van der Waals surface area contributed by atoms with Crippen molar-refractivity contribution in [3.05, 3.63) is 23.7 Å². The molecule has 2 aromatic rings. The van der Waals surface area contributed by atoms with Crippen LogP contribution in [0.4, 0.5) is 0 Å². The number of nitrogens with zero attached hydrogens (tertiary/aromatic N) is 4. The van der Waals surface area contributed by atoms with E-state index in [1.165, 1.54) is 0 Å². The van der Waals surface area contributed by atoms with Crippen molar-refractivity contribution in [2.75, 3.05) is 26.7 Å². The molecule has 1 aliphatic rings. The van der Waals surface area contributed by atoms with Gasteiger partial charge in [0.25, 0.3) is 0 Å². The van der Waals surface area contributed by atoms with Gasteiger partial charge < -0.3 is 14.2 Å². The highest BCUT2D eigenvalue weighted by Gasteiger charge is 2.21. The van der Waals surface area contributed by atoms with Crippen molar-refractivity contribution < 1.29 is 4.74 Å². The summed E-state index contributed by atoms with van der Waals surface area (Å²) in [5, 5.41) is 0. The largest absolute Gasteiger partial charge is 0.374 e. The van der Waals surface area contributed by atoms with E-state index in [0.29, 0.717) is 5.88 Å². The monoisotopic (exact) mass is 294 g/mol. The third kappa shape index (κ3) is 2.53. The first-order valence-corrected chi connectivity index (χ1v) is 7.39. The minimum Gasteiger partial charge on any atom is -0.374 e. The van der Waals surface area contributed by atoms with Gasteiger partial charge in [0.15, 0.2) is 5.65 Å². The highest BCUT2D eigenvalue weighted by molar-refractivity contribution is 6.16. The number of aryl methyl sites for hydroxylation is 1. The minimum absolute atomic E-state index is 0.162. The van der Waals surface area contributed by atoms with Crippen LogP contribution in [-0.2, 0) is 17.2 Å². The molecule has 3 heterocycles. The zero-order valence-corrected chi connectivity index (χ0v) is 12.6. The highest BCUT2D eigenvalue weighted by atomic mass is 35.5. The molecule has 0 aliphatic carbocycles. The number of likely N-dealkylation sites (N-methyl/N-ethyl adjacent to an activating group) is 1. The van der Waals surface area contributed by atoms with Crippen molar-refractivity contribution in [2.24, 2.45) is 0 Å². The van der Waals surface area contributed by atoms with Crippen molar-refractivity contribution in [1.29, 1.82) is 0 Å². The maximum Gasteiger partial charge on any atom is 0.160 e. The van der Waals surface area contributed by atoms with E-state index in [0.717, 1.165) is 48.8 Å². The van der Waals surface area contributed by atoms with Gasteiger partial charge in [-0.25, -0.2) is 9.97 Å². The molecule has 5 nitrogen and oxygen atoms in total. The first-order valence-electron chi connectivity index (χ1n) is 6.86. The molecule has 0 saturated carbocycles. The molecule has 1 fully saturated rings. The van der Waals surface area contributed by atoms with Gasteiger partial charge in [0.2, 0.25) is 0 Å². The Kier molecular flexibility index (Phi) is 3.92. The normalized spacial score (nSPS) is 20.6. The lowest BCUT2D eigenvalue weighted by molar-refractivity contribution is -0.0272. The number of pyridine rings is 1. The molecule has 0 amide bonds. The fraction of sp³-hybridized carbons (Fsp3) is 0.571. The third-order valence-corrected chi connectivity index (χ3v) is 4.00. The van der Waals surface area contributed by atoms with Crippen LogP contribution in [0.1, 0.15) is 11.4 Å². The van der Waals surface area contributed by atoms with E-state index in [-0.39, 0.29) is 6.10 Å². The second kappa shape index (κ2) is 5.68. The van der Waals surface area contributed by atoms with E-state index in [2.05, 4.69) is 26.5 Å². The maximum absolute atomic E-state index is 6.04. The van der Waals surface area contributed by atoms with Crippen LogP contribution < -0.4 is 0 Å². The maximum atomic E-state index is 6.04. The lowest BCUT2D eigenvalue weighted by Crippen LogP contribution is -2.42. The summed E-state index contributed by atoms with van der Waals surface area (Å²) in [6, 6.07) is 1.97. The summed E-state index contributed by atoms with van der Waals surface area (Å²) in [5.41, 5.74) is 2.96. The van der Waals surface area contributed by atoms with E-state index in [1.807, 2.05) is 19.2 Å². The molecule has 108 valence electrons. The first-order chi connectivity index (χ1) is 9.69. The molecule has 0 radical (unpaired) electrons. The zero-order valence-electron chi connectivity index (χ0n) is 11.8. The number of hydrogen-bond acceptors (Lipinski definition) is 4. The number of alkyl halides is 1. The van der Waals surface area contributed by atoms with Crippen LogP contribution in [0.25, 0.3) is 11.2 Å². The molecule has 6 heteroatoms. The second-order valence-corrected chi connectivity index (χ2v) is 5.59. The molecular formula is C14H19ClN4O. The van der Waals surface area contributed by atoms with Gasteiger partial charge in [0.05, 0.1) is 25.1 Å². The molecule has 0 spiro atoms. The van der Waals surface area contributed by atoms with Crippen molar-refractivity contribution in [3.8, 4) is 0 Å². The van der Waals surface area contributed by atoms with E-state index in [4.69, 9.17) is 16.3 Å². The third-order valence-electron chi connectivity index (χ3n) is 3.76. The van der Waals surface area contributed by atoms with Gasteiger partial charge in [-0.1, -0.05) is 0 Å². The van der Waals surface area contributed by atoms with Crippen LogP contribution in [0.2, 0.25) is 0 Å². The molecular weight excluding hydrogens is 276 g/mol. The van der Waals surface area contributed by atoms with E-state index < -0.39 is 0 Å².